The van der Waals surface area contributed by atoms with Gasteiger partial charge < -0.3 is 5.32 Å². The fourth-order valence-electron chi connectivity index (χ4n) is 6.34. The Morgan fingerprint density at radius 3 is 2.80 bits per heavy atom. The van der Waals surface area contributed by atoms with Crippen LogP contribution in [0.5, 0.6) is 0 Å². The second-order valence-corrected chi connectivity index (χ2v) is 10.8. The molecule has 4 aliphatic rings. The van der Waals surface area contributed by atoms with Gasteiger partial charge in [-0.1, -0.05) is 97.1 Å². The van der Waals surface area contributed by atoms with Gasteiger partial charge in [-0.3, -0.25) is 4.79 Å². The number of allylic oxidation sites excluding steroid dienone is 6. The molecule has 0 aliphatic heterocycles. The van der Waals surface area contributed by atoms with E-state index in [0.29, 0.717) is 5.13 Å². The van der Waals surface area contributed by atoms with E-state index in [9.17, 15) is 4.79 Å². The van der Waals surface area contributed by atoms with E-state index < -0.39 is 10.8 Å². The number of hydrogen-bond donors (Lipinski definition) is 1. The fraction of sp³-hybridized carbons (Fsp3) is 0.161. The second kappa shape index (κ2) is 7.37. The third kappa shape index (κ3) is 2.83. The van der Waals surface area contributed by atoms with E-state index in [1.807, 2.05) is 17.5 Å². The minimum atomic E-state index is -0.622. The summed E-state index contributed by atoms with van der Waals surface area (Å²) in [5, 5.41) is 8.24. The van der Waals surface area contributed by atoms with E-state index in [2.05, 4.69) is 97.2 Å². The molecule has 0 saturated carbocycles. The average Bonchev–Trinajstić information content (AvgIpc) is 3.28. The minimum absolute atomic E-state index is 0.0256. The van der Waals surface area contributed by atoms with Crippen LogP contribution in [0.1, 0.15) is 30.4 Å². The number of anilines is 1. The topological polar surface area (TPSA) is 42.0 Å². The lowest BCUT2D eigenvalue weighted by atomic mass is 9.47. The van der Waals surface area contributed by atoms with Crippen molar-refractivity contribution in [2.45, 2.75) is 24.7 Å². The first-order valence-electron chi connectivity index (χ1n) is 12.0. The molecule has 3 unspecified atom stereocenters. The normalized spacial score (nSPS) is 25.7. The molecule has 1 aromatic heterocycles. The number of rotatable bonds is 3. The molecule has 0 radical (unpaired) electrons. The number of nitrogens with one attached hydrogen (secondary N) is 1. The van der Waals surface area contributed by atoms with Crippen molar-refractivity contribution in [3.8, 4) is 11.3 Å². The Hall–Kier alpha value is -3.76. The molecule has 35 heavy (non-hydrogen) atoms. The summed E-state index contributed by atoms with van der Waals surface area (Å²) in [4.78, 5) is 18.9. The molecule has 3 bridgehead atoms. The lowest BCUT2D eigenvalue weighted by molar-refractivity contribution is -0.128. The zero-order valence-electron chi connectivity index (χ0n) is 19.4. The fourth-order valence-corrected chi connectivity index (χ4v) is 7.04. The van der Waals surface area contributed by atoms with Gasteiger partial charge in [0.2, 0.25) is 5.91 Å². The number of carbonyl (C=O) groups excluding carboxylic acids is 1. The first-order chi connectivity index (χ1) is 17.1. The van der Waals surface area contributed by atoms with Crippen molar-refractivity contribution in [3.63, 3.8) is 0 Å². The van der Waals surface area contributed by atoms with Gasteiger partial charge in [0.05, 0.1) is 11.1 Å². The quantitative estimate of drug-likeness (QED) is 0.338. The smallest absolute Gasteiger partial charge is 0.233 e. The van der Waals surface area contributed by atoms with Crippen molar-refractivity contribution in [2.24, 2.45) is 5.41 Å². The van der Waals surface area contributed by atoms with E-state index in [-0.39, 0.29) is 11.8 Å². The number of amides is 1. The highest BCUT2D eigenvalue weighted by molar-refractivity contribution is 7.14. The summed E-state index contributed by atoms with van der Waals surface area (Å²) < 4.78 is 0. The van der Waals surface area contributed by atoms with Crippen LogP contribution in [-0.2, 0) is 10.2 Å². The van der Waals surface area contributed by atoms with E-state index in [0.717, 1.165) is 17.7 Å². The Kier molecular flexibility index (Phi) is 4.34. The Labute approximate surface area is 208 Å². The lowest BCUT2D eigenvalue weighted by Gasteiger charge is -2.55. The highest BCUT2D eigenvalue weighted by atomic mass is 32.1. The maximum atomic E-state index is 14.0. The van der Waals surface area contributed by atoms with Crippen molar-refractivity contribution >= 4 is 33.1 Å². The van der Waals surface area contributed by atoms with Gasteiger partial charge in [-0.25, -0.2) is 4.98 Å². The van der Waals surface area contributed by atoms with E-state index in [4.69, 9.17) is 4.98 Å². The van der Waals surface area contributed by atoms with Gasteiger partial charge in [0.25, 0.3) is 0 Å². The minimum Gasteiger partial charge on any atom is -0.301 e. The molecule has 1 N–H and O–H groups in total. The van der Waals surface area contributed by atoms with E-state index >= 15 is 0 Å². The number of fused-ring (bicyclic) bond motifs is 2. The van der Waals surface area contributed by atoms with Crippen LogP contribution in [0, 0.1) is 5.41 Å². The predicted octanol–water partition coefficient (Wildman–Crippen LogP) is 7.40. The highest BCUT2D eigenvalue weighted by Gasteiger charge is 2.60. The van der Waals surface area contributed by atoms with Crippen LogP contribution in [0.3, 0.4) is 0 Å². The molecule has 1 amide bonds. The average molecular weight is 473 g/mol. The van der Waals surface area contributed by atoms with Crippen molar-refractivity contribution in [1.29, 1.82) is 0 Å². The molecule has 1 spiro atoms. The molecule has 4 aromatic rings. The van der Waals surface area contributed by atoms with Crippen molar-refractivity contribution in [1.82, 2.24) is 4.98 Å². The van der Waals surface area contributed by atoms with Crippen molar-refractivity contribution in [3.05, 3.63) is 119 Å². The van der Waals surface area contributed by atoms with Gasteiger partial charge in [-0.15, -0.1) is 11.3 Å². The van der Waals surface area contributed by atoms with Gasteiger partial charge in [0.15, 0.2) is 5.13 Å². The van der Waals surface area contributed by atoms with Crippen LogP contribution >= 0.6 is 11.3 Å². The molecule has 0 saturated heterocycles. The summed E-state index contributed by atoms with van der Waals surface area (Å²) in [5.74, 6) is 0.250. The standard InChI is InChI=1S/C31H24N2OS/c1-30(18-25-21-10-6-7-16-31(30,17-21)26-15-5-4-13-23(25)26)28(34)33-29-32-27(19-35-29)24-14-8-11-20-9-2-3-12-22(20)24/h2-17,19,25H,18H2,1H3,(H,32,33,34). The first-order valence-corrected chi connectivity index (χ1v) is 12.9. The van der Waals surface area contributed by atoms with Crippen molar-refractivity contribution < 1.29 is 4.79 Å². The maximum Gasteiger partial charge on any atom is 0.233 e. The van der Waals surface area contributed by atoms with Crippen LogP contribution in [0.4, 0.5) is 5.13 Å². The summed E-state index contributed by atoms with van der Waals surface area (Å²) in [5.41, 5.74) is 4.78. The van der Waals surface area contributed by atoms with Crippen molar-refractivity contribution in [2.75, 3.05) is 5.32 Å². The Balaban J connectivity index is 1.26. The monoisotopic (exact) mass is 472 g/mol. The molecular formula is C31H24N2OS. The van der Waals surface area contributed by atoms with Crippen LogP contribution in [0.25, 0.3) is 22.0 Å². The van der Waals surface area contributed by atoms with Crippen LogP contribution in [-0.4, -0.2) is 10.9 Å². The van der Waals surface area contributed by atoms with Gasteiger partial charge in [-0.05, 0) is 40.8 Å². The van der Waals surface area contributed by atoms with Gasteiger partial charge >= 0.3 is 0 Å². The van der Waals surface area contributed by atoms with Gasteiger partial charge in [0.1, 0.15) is 0 Å². The number of hydrogen-bond acceptors (Lipinski definition) is 3. The SMILES string of the molecule is CC1(C(=O)Nc2nc(-c3cccc4ccccc34)cs2)CC2C3=CC1(C=CC=C3)c1ccccc12. The second-order valence-electron chi connectivity index (χ2n) is 9.93. The Morgan fingerprint density at radius 1 is 1.03 bits per heavy atom. The molecule has 1 heterocycles. The molecule has 4 aliphatic carbocycles. The summed E-state index contributed by atoms with van der Waals surface area (Å²) >= 11 is 1.49. The highest BCUT2D eigenvalue weighted by Crippen LogP contribution is 2.63. The summed E-state index contributed by atoms with van der Waals surface area (Å²) in [6, 6.07) is 23.2. The lowest BCUT2D eigenvalue weighted by Crippen LogP contribution is -2.55. The van der Waals surface area contributed by atoms with E-state index in [1.54, 1.807) is 0 Å². The molecular weight excluding hydrogens is 448 g/mol. The van der Waals surface area contributed by atoms with E-state index in [1.165, 1.54) is 38.8 Å². The number of benzene rings is 3. The largest absolute Gasteiger partial charge is 0.301 e. The zero-order valence-corrected chi connectivity index (χ0v) is 20.2. The summed E-state index contributed by atoms with van der Waals surface area (Å²) in [6.45, 7) is 2.12. The molecule has 3 nitrogen and oxygen atoms in total. The van der Waals surface area contributed by atoms with Crippen LogP contribution < -0.4 is 5.32 Å². The third-order valence-corrected chi connectivity index (χ3v) is 8.91. The maximum absolute atomic E-state index is 14.0. The van der Waals surface area contributed by atoms with Crippen LogP contribution in [0.2, 0.25) is 0 Å². The molecule has 0 fully saturated rings. The molecule has 8 rings (SSSR count). The van der Waals surface area contributed by atoms with Gasteiger partial charge in [0, 0.05) is 22.3 Å². The van der Waals surface area contributed by atoms with Crippen LogP contribution in [0.15, 0.2) is 108 Å². The molecule has 170 valence electrons. The third-order valence-electron chi connectivity index (χ3n) is 8.15. The number of carbonyl (C=O) groups is 1. The molecule has 3 atom stereocenters. The number of thiazole rings is 1. The first kappa shape index (κ1) is 20.6. The predicted molar refractivity (Wildman–Crippen MR) is 144 cm³/mol. The van der Waals surface area contributed by atoms with Gasteiger partial charge in [-0.2, -0.15) is 0 Å². The molecule has 4 heteroatoms. The zero-order chi connectivity index (χ0) is 23.6. The Morgan fingerprint density at radius 2 is 1.86 bits per heavy atom. The Bertz CT molecular complexity index is 1600. The summed E-state index contributed by atoms with van der Waals surface area (Å²) in [6.07, 6.45) is 11.7. The number of nitrogens with zero attached hydrogens (tertiary/aromatic N) is 1. The number of aromatic nitrogens is 1. The molecule has 3 aromatic carbocycles. The summed E-state index contributed by atoms with van der Waals surface area (Å²) in [7, 11) is 0.